The number of rotatable bonds is 2. The Balaban J connectivity index is 2.45. The Bertz CT molecular complexity index is 625. The number of Topliss-reactive ketones (excluding diaryl/α,β-unsaturated/α-hetero) is 1. The summed E-state index contributed by atoms with van der Waals surface area (Å²) in [5.74, 6) is 0.0318. The normalized spacial score (nSPS) is 17.4. The van der Waals surface area contributed by atoms with E-state index in [1.165, 1.54) is 0 Å². The number of aromatic nitrogens is 1. The molecule has 0 aliphatic carbocycles. The third kappa shape index (κ3) is 2.96. The number of piperidine rings is 1. The number of nitriles is 1. The highest BCUT2D eigenvalue weighted by Gasteiger charge is 2.32. The summed E-state index contributed by atoms with van der Waals surface area (Å²) in [5.41, 5.74) is 3.03. The summed E-state index contributed by atoms with van der Waals surface area (Å²) in [6.45, 7) is 8.97. The minimum atomic E-state index is -0.253. The molecule has 21 heavy (non-hydrogen) atoms. The van der Waals surface area contributed by atoms with Crippen molar-refractivity contribution in [1.29, 1.82) is 5.26 Å². The number of hydrogen-bond donors (Lipinski definition) is 0. The summed E-state index contributed by atoms with van der Waals surface area (Å²) >= 11 is 3.59. The predicted molar refractivity (Wildman–Crippen MR) is 86.6 cm³/mol. The van der Waals surface area contributed by atoms with Gasteiger partial charge < -0.3 is 4.90 Å². The minimum Gasteiger partial charge on any atom is -0.370 e. The zero-order valence-corrected chi connectivity index (χ0v) is 14.5. The van der Waals surface area contributed by atoms with E-state index >= 15 is 0 Å². The van der Waals surface area contributed by atoms with Crippen molar-refractivity contribution in [3.63, 3.8) is 0 Å². The van der Waals surface area contributed by atoms with Gasteiger partial charge in [-0.25, -0.2) is 0 Å². The van der Waals surface area contributed by atoms with Crippen molar-refractivity contribution in [2.75, 3.05) is 18.0 Å². The number of anilines is 1. The number of ketones is 1. The second kappa shape index (κ2) is 5.76. The van der Waals surface area contributed by atoms with Crippen LogP contribution in [0.1, 0.15) is 48.4 Å². The Morgan fingerprint density at radius 3 is 2.38 bits per heavy atom. The van der Waals surface area contributed by atoms with Gasteiger partial charge in [0.25, 0.3) is 0 Å². The zero-order valence-electron chi connectivity index (χ0n) is 13.0. The molecule has 5 heteroatoms. The van der Waals surface area contributed by atoms with E-state index in [4.69, 9.17) is 0 Å². The van der Waals surface area contributed by atoms with Crippen LogP contribution in [0.5, 0.6) is 0 Å². The van der Waals surface area contributed by atoms with Crippen molar-refractivity contribution >= 4 is 27.4 Å². The van der Waals surface area contributed by atoms with Crippen LogP contribution in [0, 0.1) is 30.6 Å². The SMILES string of the molecule is CC(=O)c1c(C)nc(C)c(Br)c1N1CCC(C)(C#N)CC1. The molecule has 1 aliphatic rings. The molecule has 0 unspecified atom stereocenters. The van der Waals surface area contributed by atoms with E-state index in [9.17, 15) is 10.1 Å². The van der Waals surface area contributed by atoms with Crippen molar-refractivity contribution in [3.05, 3.63) is 21.4 Å². The van der Waals surface area contributed by atoms with E-state index in [1.807, 2.05) is 20.8 Å². The number of carbonyl (C=O) groups excluding carboxylic acids is 1. The molecule has 2 rings (SSSR count). The van der Waals surface area contributed by atoms with E-state index in [1.54, 1.807) is 6.92 Å². The second-order valence-electron chi connectivity index (χ2n) is 6.04. The number of nitrogens with zero attached hydrogens (tertiary/aromatic N) is 3. The van der Waals surface area contributed by atoms with Gasteiger partial charge in [0.05, 0.1) is 38.6 Å². The lowest BCUT2D eigenvalue weighted by Gasteiger charge is -2.38. The molecule has 1 aromatic rings. The lowest BCUT2D eigenvalue weighted by molar-refractivity contribution is 0.101. The number of aryl methyl sites for hydroxylation is 2. The van der Waals surface area contributed by atoms with Gasteiger partial charge in [-0.3, -0.25) is 9.78 Å². The summed E-state index contributed by atoms with van der Waals surface area (Å²) in [6.07, 6.45) is 1.63. The molecule has 0 radical (unpaired) electrons. The summed E-state index contributed by atoms with van der Waals surface area (Å²) in [7, 11) is 0. The van der Waals surface area contributed by atoms with Gasteiger partial charge in [-0.2, -0.15) is 5.26 Å². The smallest absolute Gasteiger partial charge is 0.163 e. The Labute approximate surface area is 134 Å². The van der Waals surface area contributed by atoms with E-state index in [-0.39, 0.29) is 11.2 Å². The molecule has 1 aliphatic heterocycles. The highest BCUT2D eigenvalue weighted by atomic mass is 79.9. The van der Waals surface area contributed by atoms with Crippen LogP contribution in [0.2, 0.25) is 0 Å². The summed E-state index contributed by atoms with van der Waals surface area (Å²) < 4.78 is 0.888. The summed E-state index contributed by atoms with van der Waals surface area (Å²) in [6, 6.07) is 2.41. The van der Waals surface area contributed by atoms with E-state index in [0.29, 0.717) is 5.56 Å². The molecule has 0 saturated carbocycles. The summed E-state index contributed by atoms with van der Waals surface area (Å²) in [5, 5.41) is 9.25. The highest BCUT2D eigenvalue weighted by Crippen LogP contribution is 2.39. The molecule has 2 heterocycles. The fourth-order valence-electron chi connectivity index (χ4n) is 2.86. The Kier molecular flexibility index (Phi) is 4.38. The third-order valence-electron chi connectivity index (χ3n) is 4.26. The predicted octanol–water partition coefficient (Wildman–Crippen LogP) is 3.79. The van der Waals surface area contributed by atoms with Gasteiger partial charge in [0, 0.05) is 13.1 Å². The van der Waals surface area contributed by atoms with Crippen LogP contribution >= 0.6 is 15.9 Å². The average molecular weight is 350 g/mol. The Morgan fingerprint density at radius 1 is 1.33 bits per heavy atom. The lowest BCUT2D eigenvalue weighted by Crippen LogP contribution is -2.39. The number of pyridine rings is 1. The molecule has 0 bridgehead atoms. The average Bonchev–Trinajstić information content (AvgIpc) is 2.43. The zero-order chi connectivity index (χ0) is 15.8. The van der Waals surface area contributed by atoms with E-state index < -0.39 is 0 Å². The van der Waals surface area contributed by atoms with Crippen LogP contribution in [-0.2, 0) is 0 Å². The van der Waals surface area contributed by atoms with Gasteiger partial charge in [-0.05, 0) is 56.5 Å². The van der Waals surface area contributed by atoms with Gasteiger partial charge >= 0.3 is 0 Å². The third-order valence-corrected chi connectivity index (χ3v) is 5.21. The molecule has 0 spiro atoms. The molecule has 112 valence electrons. The largest absolute Gasteiger partial charge is 0.370 e. The molecule has 0 amide bonds. The number of carbonyl (C=O) groups is 1. The van der Waals surface area contributed by atoms with Gasteiger partial charge in [-0.15, -0.1) is 0 Å². The van der Waals surface area contributed by atoms with E-state index in [2.05, 4.69) is 31.9 Å². The molecule has 1 aromatic heterocycles. The number of hydrogen-bond acceptors (Lipinski definition) is 4. The van der Waals surface area contributed by atoms with Crippen LogP contribution in [0.15, 0.2) is 4.47 Å². The van der Waals surface area contributed by atoms with Crippen molar-refractivity contribution in [1.82, 2.24) is 4.98 Å². The molecule has 0 N–H and O–H groups in total. The second-order valence-corrected chi connectivity index (χ2v) is 6.83. The first-order valence-electron chi connectivity index (χ1n) is 7.13. The summed E-state index contributed by atoms with van der Waals surface area (Å²) in [4.78, 5) is 18.7. The van der Waals surface area contributed by atoms with Crippen LogP contribution in [0.3, 0.4) is 0 Å². The lowest BCUT2D eigenvalue weighted by atomic mass is 9.81. The van der Waals surface area contributed by atoms with Crippen molar-refractivity contribution in [2.24, 2.45) is 5.41 Å². The van der Waals surface area contributed by atoms with Gasteiger partial charge in [0.1, 0.15) is 0 Å². The van der Waals surface area contributed by atoms with Gasteiger partial charge in [0.2, 0.25) is 0 Å². The maximum absolute atomic E-state index is 12.0. The van der Waals surface area contributed by atoms with Crippen LogP contribution < -0.4 is 4.90 Å². The molecule has 1 fully saturated rings. The van der Waals surface area contributed by atoms with Crippen LogP contribution in [-0.4, -0.2) is 23.9 Å². The molecule has 0 atom stereocenters. The van der Waals surface area contributed by atoms with Gasteiger partial charge in [-0.1, -0.05) is 0 Å². The maximum Gasteiger partial charge on any atom is 0.163 e. The van der Waals surface area contributed by atoms with Gasteiger partial charge in [0.15, 0.2) is 5.78 Å². The highest BCUT2D eigenvalue weighted by molar-refractivity contribution is 9.10. The quantitative estimate of drug-likeness (QED) is 0.762. The van der Waals surface area contributed by atoms with E-state index in [0.717, 1.165) is 47.5 Å². The fraction of sp³-hybridized carbons (Fsp3) is 0.562. The topological polar surface area (TPSA) is 57.0 Å². The first-order chi connectivity index (χ1) is 9.79. The van der Waals surface area contributed by atoms with Crippen molar-refractivity contribution in [2.45, 2.75) is 40.5 Å². The monoisotopic (exact) mass is 349 g/mol. The Morgan fingerprint density at radius 2 is 1.90 bits per heavy atom. The molecule has 1 saturated heterocycles. The fourth-order valence-corrected chi connectivity index (χ4v) is 3.40. The first-order valence-corrected chi connectivity index (χ1v) is 7.92. The Hall–Kier alpha value is -1.41. The minimum absolute atomic E-state index is 0.0318. The molecular formula is C16H20BrN3O. The maximum atomic E-state index is 12.0. The van der Waals surface area contributed by atoms with Crippen LogP contribution in [0.25, 0.3) is 0 Å². The first kappa shape index (κ1) is 16.0. The standard InChI is InChI=1S/C16H20BrN3O/c1-10-13(12(3)21)15(14(17)11(2)19-10)20-7-5-16(4,9-18)6-8-20/h5-8H2,1-4H3. The van der Waals surface area contributed by atoms with Crippen molar-refractivity contribution in [3.8, 4) is 6.07 Å². The molecule has 4 nitrogen and oxygen atoms in total. The molecular weight excluding hydrogens is 330 g/mol. The van der Waals surface area contributed by atoms with Crippen molar-refractivity contribution < 1.29 is 4.79 Å². The van der Waals surface area contributed by atoms with Crippen LogP contribution in [0.4, 0.5) is 5.69 Å². The molecule has 0 aromatic carbocycles. The number of halogens is 1.